The van der Waals surface area contributed by atoms with E-state index in [-0.39, 0.29) is 0 Å². The van der Waals surface area contributed by atoms with Gasteiger partial charge >= 0.3 is 6.18 Å². The van der Waals surface area contributed by atoms with E-state index in [4.69, 9.17) is 0 Å². The van der Waals surface area contributed by atoms with E-state index in [1.54, 1.807) is 9.30 Å². The van der Waals surface area contributed by atoms with Gasteiger partial charge in [-0.3, -0.25) is 4.40 Å². The fourth-order valence-electron chi connectivity index (χ4n) is 2.93. The van der Waals surface area contributed by atoms with Crippen molar-refractivity contribution in [2.75, 3.05) is 24.2 Å². The number of piperidine rings is 1. The van der Waals surface area contributed by atoms with Crippen molar-refractivity contribution in [1.82, 2.24) is 9.38 Å². The maximum atomic E-state index is 13.1. The number of rotatable bonds is 2. The average Bonchev–Trinajstić information content (AvgIpc) is 2.93. The molecule has 126 valence electrons. The first-order valence-electron chi connectivity index (χ1n) is 7.13. The third-order valence-electron chi connectivity index (χ3n) is 4.20. The van der Waals surface area contributed by atoms with Crippen LogP contribution in [-0.4, -0.2) is 42.4 Å². The molecule has 1 saturated heterocycles. The van der Waals surface area contributed by atoms with Gasteiger partial charge in [-0.15, -0.1) is 0 Å². The molecule has 0 atom stereocenters. The van der Waals surface area contributed by atoms with Gasteiger partial charge in [0.15, 0.2) is 0 Å². The largest absolute Gasteiger partial charge is 0.416 e. The first-order valence-corrected chi connectivity index (χ1v) is 9.09. The molecule has 1 fully saturated rings. The van der Waals surface area contributed by atoms with Crippen LogP contribution in [0.5, 0.6) is 0 Å². The molecule has 0 radical (unpaired) electrons. The van der Waals surface area contributed by atoms with Crippen molar-refractivity contribution in [3.8, 4) is 0 Å². The first-order chi connectivity index (χ1) is 10.7. The minimum absolute atomic E-state index is 0.361. The van der Waals surface area contributed by atoms with Crippen molar-refractivity contribution in [2.24, 2.45) is 0 Å². The van der Waals surface area contributed by atoms with Gasteiger partial charge in [0.05, 0.1) is 22.5 Å². The van der Waals surface area contributed by atoms with Crippen molar-refractivity contribution in [2.45, 2.75) is 24.3 Å². The molecule has 0 amide bonds. The Morgan fingerprint density at radius 1 is 1.22 bits per heavy atom. The molecule has 0 saturated carbocycles. The molecule has 2 aromatic heterocycles. The summed E-state index contributed by atoms with van der Waals surface area (Å²) < 4.78 is 64.0. The quantitative estimate of drug-likeness (QED) is 0.837. The van der Waals surface area contributed by atoms with Gasteiger partial charge in [0, 0.05) is 19.3 Å². The van der Waals surface area contributed by atoms with E-state index < -0.39 is 26.8 Å². The summed E-state index contributed by atoms with van der Waals surface area (Å²) in [4.78, 5) is 5.69. The molecule has 0 unspecified atom stereocenters. The molecule has 1 aliphatic heterocycles. The lowest BCUT2D eigenvalue weighted by Gasteiger charge is -2.33. The maximum Gasteiger partial charge on any atom is 0.416 e. The van der Waals surface area contributed by atoms with Crippen LogP contribution < -0.4 is 4.90 Å². The van der Waals surface area contributed by atoms with Gasteiger partial charge in [0.2, 0.25) is 0 Å². The fraction of sp³-hybridized carbons (Fsp3) is 0.500. The van der Waals surface area contributed by atoms with Gasteiger partial charge in [-0.1, -0.05) is 0 Å². The summed E-state index contributed by atoms with van der Waals surface area (Å²) in [5, 5.41) is -0.428. The van der Waals surface area contributed by atoms with E-state index in [1.165, 1.54) is 18.8 Å². The normalized spacial score (nSPS) is 17.8. The zero-order valence-electron chi connectivity index (χ0n) is 12.4. The Morgan fingerprint density at radius 2 is 1.87 bits per heavy atom. The minimum Gasteiger partial charge on any atom is -0.358 e. The maximum absolute atomic E-state index is 13.1. The molecule has 2 aromatic rings. The highest BCUT2D eigenvalue weighted by molar-refractivity contribution is 7.91. The minimum atomic E-state index is -4.44. The number of fused-ring (bicyclic) bond motifs is 1. The molecule has 1 aliphatic rings. The summed E-state index contributed by atoms with van der Waals surface area (Å²) in [6, 6.07) is 2.15. The number of anilines is 1. The van der Waals surface area contributed by atoms with E-state index in [0.29, 0.717) is 37.3 Å². The summed E-state index contributed by atoms with van der Waals surface area (Å²) in [6.07, 6.45) is 0.420. The van der Waals surface area contributed by atoms with Crippen LogP contribution in [0.15, 0.2) is 24.7 Å². The molecule has 23 heavy (non-hydrogen) atoms. The van der Waals surface area contributed by atoms with Gasteiger partial charge in [-0.2, -0.15) is 13.2 Å². The molecular weight excluding hydrogens is 331 g/mol. The molecule has 3 heterocycles. The lowest BCUT2D eigenvalue weighted by molar-refractivity contribution is -0.137. The Kier molecular flexibility index (Phi) is 3.78. The second-order valence-electron chi connectivity index (χ2n) is 5.80. The van der Waals surface area contributed by atoms with Crippen molar-refractivity contribution in [3.63, 3.8) is 0 Å². The van der Waals surface area contributed by atoms with Gasteiger partial charge in [0.25, 0.3) is 0 Å². The summed E-state index contributed by atoms with van der Waals surface area (Å²) in [5.74, 6) is 0.388. The van der Waals surface area contributed by atoms with Crippen molar-refractivity contribution >= 4 is 21.2 Å². The van der Waals surface area contributed by atoms with Gasteiger partial charge in [-0.05, 0) is 25.0 Å². The Hall–Kier alpha value is -1.77. The molecular formula is C14H16F3N3O2S. The van der Waals surface area contributed by atoms with Crippen LogP contribution in [0.1, 0.15) is 18.4 Å². The van der Waals surface area contributed by atoms with Crippen LogP contribution in [-0.2, 0) is 16.0 Å². The predicted molar refractivity (Wildman–Crippen MR) is 80.3 cm³/mol. The predicted octanol–water partition coefficient (Wildman–Crippen LogP) is 2.37. The van der Waals surface area contributed by atoms with Crippen LogP contribution in [0.25, 0.3) is 5.52 Å². The number of hydrogen-bond acceptors (Lipinski definition) is 4. The number of nitrogens with zero attached hydrogens (tertiary/aromatic N) is 3. The molecule has 9 heteroatoms. The molecule has 0 aromatic carbocycles. The van der Waals surface area contributed by atoms with E-state index in [0.717, 1.165) is 12.1 Å². The van der Waals surface area contributed by atoms with Gasteiger partial charge in [0.1, 0.15) is 22.0 Å². The highest BCUT2D eigenvalue weighted by Gasteiger charge is 2.33. The lowest BCUT2D eigenvalue weighted by Crippen LogP contribution is -2.39. The number of imidazole rings is 1. The van der Waals surface area contributed by atoms with Crippen LogP contribution in [0.4, 0.5) is 19.0 Å². The Bertz CT molecular complexity index is 821. The average molecular weight is 347 g/mol. The Balaban J connectivity index is 1.95. The van der Waals surface area contributed by atoms with E-state index >= 15 is 0 Å². The highest BCUT2D eigenvalue weighted by Crippen LogP contribution is 2.34. The number of sulfone groups is 1. The number of aromatic nitrogens is 2. The summed E-state index contributed by atoms with van der Waals surface area (Å²) in [7, 11) is -3.12. The number of alkyl halides is 3. The van der Waals surface area contributed by atoms with Gasteiger partial charge in [-0.25, -0.2) is 13.4 Å². The van der Waals surface area contributed by atoms with Crippen molar-refractivity contribution in [1.29, 1.82) is 0 Å². The molecule has 3 rings (SSSR count). The van der Waals surface area contributed by atoms with Crippen LogP contribution in [0.3, 0.4) is 0 Å². The number of pyridine rings is 1. The molecule has 0 N–H and O–H groups in total. The smallest absolute Gasteiger partial charge is 0.358 e. The summed E-state index contributed by atoms with van der Waals surface area (Å²) in [5.41, 5.74) is -0.370. The van der Waals surface area contributed by atoms with Crippen molar-refractivity contribution < 1.29 is 21.6 Å². The summed E-state index contributed by atoms with van der Waals surface area (Å²) >= 11 is 0. The Morgan fingerprint density at radius 3 is 2.43 bits per heavy atom. The van der Waals surface area contributed by atoms with Crippen LogP contribution >= 0.6 is 0 Å². The second kappa shape index (κ2) is 5.40. The van der Waals surface area contributed by atoms with E-state index in [1.807, 2.05) is 0 Å². The van der Waals surface area contributed by atoms with Crippen LogP contribution in [0, 0.1) is 0 Å². The van der Waals surface area contributed by atoms with Gasteiger partial charge < -0.3 is 4.90 Å². The highest BCUT2D eigenvalue weighted by atomic mass is 32.2. The topological polar surface area (TPSA) is 54.7 Å². The second-order valence-corrected chi connectivity index (χ2v) is 8.13. The zero-order valence-corrected chi connectivity index (χ0v) is 13.2. The first kappa shape index (κ1) is 16.1. The monoisotopic (exact) mass is 347 g/mol. The SMILES string of the molecule is CS(=O)(=O)C1CCN(c2cc(C(F)(F)F)cc3cncn23)CC1. The Labute approximate surface area is 131 Å². The van der Waals surface area contributed by atoms with E-state index in [2.05, 4.69) is 4.98 Å². The fourth-order valence-corrected chi connectivity index (χ4v) is 4.00. The van der Waals surface area contributed by atoms with E-state index in [9.17, 15) is 21.6 Å². The molecule has 0 bridgehead atoms. The lowest BCUT2D eigenvalue weighted by atomic mass is 10.1. The molecule has 5 nitrogen and oxygen atoms in total. The molecule has 0 aliphatic carbocycles. The third kappa shape index (κ3) is 3.15. The number of halogens is 3. The zero-order chi connectivity index (χ0) is 16.8. The van der Waals surface area contributed by atoms with Crippen LogP contribution in [0.2, 0.25) is 0 Å². The standard InChI is InChI=1S/C14H16F3N3O2S/c1-23(21,22)12-2-4-19(5-3-12)13-7-10(14(15,16)17)6-11-8-18-9-20(11)13/h6-9,12H,2-5H2,1H3. The van der Waals surface area contributed by atoms with Crippen molar-refractivity contribution in [3.05, 3.63) is 30.2 Å². The number of hydrogen-bond donors (Lipinski definition) is 0. The summed E-state index contributed by atoms with van der Waals surface area (Å²) in [6.45, 7) is 0.790. The third-order valence-corrected chi connectivity index (χ3v) is 5.88. The molecule has 0 spiro atoms.